The molecule has 0 bridgehead atoms. The van der Waals surface area contributed by atoms with Gasteiger partial charge in [0.15, 0.2) is 10.3 Å². The van der Waals surface area contributed by atoms with Crippen LogP contribution in [0.15, 0.2) is 24.3 Å². The number of nitrogens with zero attached hydrogens (tertiary/aromatic N) is 2. The third-order valence-electron chi connectivity index (χ3n) is 1.92. The van der Waals surface area contributed by atoms with Gasteiger partial charge in [0.05, 0.1) is 16.4 Å². The molecular weight excluding hydrogens is 395 g/mol. The third-order valence-corrected chi connectivity index (χ3v) is 3.37. The number of nitrogens with one attached hydrogen (secondary N) is 1. The van der Waals surface area contributed by atoms with E-state index in [2.05, 4.69) is 38.1 Å². The molecule has 1 N–H and O–H groups in total. The fourth-order valence-corrected chi connectivity index (χ4v) is 2.37. The summed E-state index contributed by atoms with van der Waals surface area (Å²) in [4.78, 5) is 0. The largest absolute Gasteiger partial charge is 0.352 e. The summed E-state index contributed by atoms with van der Waals surface area (Å²) in [5.74, 6) is 0. The highest BCUT2D eigenvalue weighted by Crippen LogP contribution is 2.30. The van der Waals surface area contributed by atoms with E-state index in [1.54, 1.807) is 6.07 Å². The highest BCUT2D eigenvalue weighted by molar-refractivity contribution is 14.1. The average molecular weight is 400 g/mol. The maximum absolute atomic E-state index is 6.09. The molecule has 88 valence electrons. The van der Waals surface area contributed by atoms with Gasteiger partial charge in [0.25, 0.3) is 0 Å². The molecule has 0 saturated carbocycles. The Kier molecular flexibility index (Phi) is 4.30. The highest BCUT2D eigenvalue weighted by Gasteiger charge is 2.07. The van der Waals surface area contributed by atoms with Crippen LogP contribution in [0.25, 0.3) is 0 Å². The lowest BCUT2D eigenvalue weighted by molar-refractivity contribution is 1.03. The molecule has 0 amide bonds. The Bertz CT molecular complexity index is 562. The molecule has 0 unspecified atom stereocenters. The zero-order valence-electron chi connectivity index (χ0n) is 8.22. The minimum absolute atomic E-state index is 0.240. The molecular formula is C10H5Cl3IN3. The Labute approximate surface area is 127 Å². The van der Waals surface area contributed by atoms with Crippen molar-refractivity contribution in [1.29, 1.82) is 0 Å². The van der Waals surface area contributed by atoms with E-state index in [0.717, 1.165) is 9.26 Å². The van der Waals surface area contributed by atoms with Crippen LogP contribution in [0.4, 0.5) is 11.4 Å². The number of halogens is 4. The summed E-state index contributed by atoms with van der Waals surface area (Å²) in [5.41, 5.74) is 1.30. The predicted octanol–water partition coefficient (Wildman–Crippen LogP) is 4.79. The van der Waals surface area contributed by atoms with E-state index in [1.165, 1.54) is 0 Å². The molecule has 0 fully saturated rings. The molecule has 0 aliphatic carbocycles. The molecule has 0 atom stereocenters. The molecule has 0 aliphatic heterocycles. The third kappa shape index (κ3) is 3.34. The minimum Gasteiger partial charge on any atom is -0.352 e. The van der Waals surface area contributed by atoms with Gasteiger partial charge in [-0.15, -0.1) is 10.2 Å². The van der Waals surface area contributed by atoms with Crippen LogP contribution in [0.1, 0.15) is 0 Å². The van der Waals surface area contributed by atoms with Crippen molar-refractivity contribution in [2.75, 3.05) is 5.32 Å². The van der Waals surface area contributed by atoms with Gasteiger partial charge in [0, 0.05) is 9.64 Å². The van der Waals surface area contributed by atoms with Gasteiger partial charge in [-0.25, -0.2) is 0 Å². The molecule has 2 rings (SSSR count). The van der Waals surface area contributed by atoms with E-state index in [4.69, 9.17) is 34.8 Å². The first kappa shape index (κ1) is 13.1. The molecule has 0 saturated heterocycles. The number of aromatic nitrogens is 2. The van der Waals surface area contributed by atoms with E-state index in [1.807, 2.05) is 18.2 Å². The predicted molar refractivity (Wildman–Crippen MR) is 79.5 cm³/mol. The van der Waals surface area contributed by atoms with Crippen LogP contribution in [-0.4, -0.2) is 10.2 Å². The van der Waals surface area contributed by atoms with Gasteiger partial charge in [-0.1, -0.05) is 34.8 Å². The normalized spacial score (nSPS) is 10.4. The van der Waals surface area contributed by atoms with Crippen LogP contribution < -0.4 is 5.32 Å². The molecule has 1 heterocycles. The van der Waals surface area contributed by atoms with Crippen molar-refractivity contribution in [3.63, 3.8) is 0 Å². The summed E-state index contributed by atoms with van der Waals surface area (Å²) in [6.45, 7) is 0. The molecule has 17 heavy (non-hydrogen) atoms. The zero-order valence-corrected chi connectivity index (χ0v) is 12.6. The summed E-state index contributed by atoms with van der Waals surface area (Å²) in [6, 6.07) is 7.22. The van der Waals surface area contributed by atoms with Crippen molar-refractivity contribution in [1.82, 2.24) is 10.2 Å². The van der Waals surface area contributed by atoms with E-state index >= 15 is 0 Å². The quantitative estimate of drug-likeness (QED) is 0.737. The number of rotatable bonds is 2. The summed E-state index contributed by atoms with van der Waals surface area (Å²) in [7, 11) is 0. The fourth-order valence-electron chi connectivity index (χ4n) is 1.18. The summed E-state index contributed by atoms with van der Waals surface area (Å²) < 4.78 is 1.05. The monoisotopic (exact) mass is 399 g/mol. The first-order valence-electron chi connectivity index (χ1n) is 4.47. The highest BCUT2D eigenvalue weighted by atomic mass is 127. The molecule has 0 spiro atoms. The van der Waals surface area contributed by atoms with Crippen LogP contribution >= 0.6 is 57.4 Å². The second kappa shape index (κ2) is 5.56. The number of hydrogen-bond donors (Lipinski definition) is 1. The van der Waals surface area contributed by atoms with Crippen molar-refractivity contribution in [2.24, 2.45) is 0 Å². The van der Waals surface area contributed by atoms with E-state index < -0.39 is 0 Å². The van der Waals surface area contributed by atoms with E-state index in [0.29, 0.717) is 10.7 Å². The van der Waals surface area contributed by atoms with Crippen molar-refractivity contribution >= 4 is 68.8 Å². The van der Waals surface area contributed by atoms with Gasteiger partial charge < -0.3 is 5.32 Å². The lowest BCUT2D eigenvalue weighted by atomic mass is 10.3. The first-order chi connectivity index (χ1) is 8.06. The second-order valence-corrected chi connectivity index (χ2v) is 5.52. The SMILES string of the molecule is Clc1cc(Nc2ccc(I)cc2Cl)c(Cl)nn1. The lowest BCUT2D eigenvalue weighted by Gasteiger charge is -2.09. The Balaban J connectivity index is 2.34. The van der Waals surface area contributed by atoms with Crippen LogP contribution in [0.5, 0.6) is 0 Å². The first-order valence-corrected chi connectivity index (χ1v) is 6.68. The van der Waals surface area contributed by atoms with Crippen LogP contribution in [0.3, 0.4) is 0 Å². The maximum atomic E-state index is 6.09. The van der Waals surface area contributed by atoms with Gasteiger partial charge in [-0.2, -0.15) is 0 Å². The molecule has 1 aromatic carbocycles. The van der Waals surface area contributed by atoms with Crippen molar-refractivity contribution < 1.29 is 0 Å². The Morgan fingerprint density at radius 2 is 1.76 bits per heavy atom. The molecule has 2 aromatic rings. The average Bonchev–Trinajstić information content (AvgIpc) is 2.27. The van der Waals surface area contributed by atoms with Crippen molar-refractivity contribution in [3.05, 3.63) is 43.2 Å². The van der Waals surface area contributed by atoms with Gasteiger partial charge >= 0.3 is 0 Å². The Morgan fingerprint density at radius 3 is 2.47 bits per heavy atom. The van der Waals surface area contributed by atoms with Gasteiger partial charge in [0.2, 0.25) is 0 Å². The van der Waals surface area contributed by atoms with Gasteiger partial charge in [-0.3, -0.25) is 0 Å². The smallest absolute Gasteiger partial charge is 0.175 e. The minimum atomic E-state index is 0.240. The lowest BCUT2D eigenvalue weighted by Crippen LogP contribution is -1.95. The standard InChI is InChI=1S/C10H5Cl3IN3/c11-6-3-5(14)1-2-7(6)15-8-4-9(12)16-17-10(8)13/h1-4H,(H,15,16). The van der Waals surface area contributed by atoms with Crippen molar-refractivity contribution in [3.8, 4) is 0 Å². The molecule has 0 radical (unpaired) electrons. The van der Waals surface area contributed by atoms with Crippen LogP contribution in [0.2, 0.25) is 15.3 Å². The molecule has 0 aliphatic rings. The fraction of sp³-hybridized carbons (Fsp3) is 0. The molecule has 3 nitrogen and oxygen atoms in total. The summed E-state index contributed by atoms with van der Waals surface area (Å²) in [6.07, 6.45) is 0. The molecule has 1 aromatic heterocycles. The second-order valence-electron chi connectivity index (χ2n) is 3.12. The topological polar surface area (TPSA) is 37.8 Å². The number of anilines is 2. The maximum Gasteiger partial charge on any atom is 0.175 e. The van der Waals surface area contributed by atoms with Crippen LogP contribution in [-0.2, 0) is 0 Å². The summed E-state index contributed by atoms with van der Waals surface area (Å²) in [5, 5.41) is 11.5. The molecule has 7 heteroatoms. The van der Waals surface area contributed by atoms with E-state index in [9.17, 15) is 0 Å². The van der Waals surface area contributed by atoms with Crippen LogP contribution in [0, 0.1) is 3.57 Å². The number of benzene rings is 1. The van der Waals surface area contributed by atoms with Gasteiger partial charge in [0.1, 0.15) is 0 Å². The summed E-state index contributed by atoms with van der Waals surface area (Å²) >= 11 is 19.9. The number of hydrogen-bond acceptors (Lipinski definition) is 3. The van der Waals surface area contributed by atoms with E-state index in [-0.39, 0.29) is 10.3 Å². The Morgan fingerprint density at radius 1 is 1.00 bits per heavy atom. The van der Waals surface area contributed by atoms with Gasteiger partial charge in [-0.05, 0) is 40.8 Å². The van der Waals surface area contributed by atoms with Crippen molar-refractivity contribution in [2.45, 2.75) is 0 Å². The Hall–Kier alpha value is -0.300. The zero-order chi connectivity index (χ0) is 12.4.